The summed E-state index contributed by atoms with van der Waals surface area (Å²) in [6.07, 6.45) is 10.7. The third-order valence-electron chi connectivity index (χ3n) is 10.0. The van der Waals surface area contributed by atoms with Crippen LogP contribution in [0.1, 0.15) is 84.7 Å². The van der Waals surface area contributed by atoms with Crippen LogP contribution in [0, 0.1) is 13.8 Å². The van der Waals surface area contributed by atoms with E-state index < -0.39 is 0 Å². The molecule has 0 aliphatic heterocycles. The number of rotatable bonds is 0. The van der Waals surface area contributed by atoms with E-state index in [2.05, 4.69) is 74.5 Å². The maximum atomic E-state index is 2.55. The van der Waals surface area contributed by atoms with Crippen LogP contribution in [-0.2, 0) is 10.8 Å². The summed E-state index contributed by atoms with van der Waals surface area (Å²) < 4.78 is 0. The van der Waals surface area contributed by atoms with Gasteiger partial charge in [-0.3, -0.25) is 0 Å². The van der Waals surface area contributed by atoms with Gasteiger partial charge in [-0.05, 0) is 94.8 Å². The molecule has 0 bridgehead atoms. The Morgan fingerprint density at radius 1 is 0.529 bits per heavy atom. The van der Waals surface area contributed by atoms with E-state index in [1.807, 2.05) is 0 Å². The van der Waals surface area contributed by atoms with E-state index in [4.69, 9.17) is 0 Å². The third-order valence-corrected chi connectivity index (χ3v) is 10.0. The molecule has 2 saturated carbocycles. The second-order valence-corrected chi connectivity index (χ2v) is 11.7. The third kappa shape index (κ3) is 2.13. The van der Waals surface area contributed by atoms with Gasteiger partial charge in [0.05, 0.1) is 0 Å². The number of hydrogen-bond acceptors (Lipinski definition) is 0. The standard InChI is InChI=1S/C34H32/c1-21-11-13-25-27(19-21)33(15-5-6-16-33)31-29(25)23-9-3-4-10-24(23)30-26-14-12-22(2)20-28(26)34(32(30)31)17-7-8-18-34/h3-4,9-14,19-20H,5-8,15-18H2,1-2H3. The van der Waals surface area contributed by atoms with Crippen LogP contribution in [-0.4, -0.2) is 0 Å². The van der Waals surface area contributed by atoms with Crippen molar-refractivity contribution in [1.29, 1.82) is 0 Å². The van der Waals surface area contributed by atoms with Gasteiger partial charge in [-0.25, -0.2) is 0 Å². The van der Waals surface area contributed by atoms with Gasteiger partial charge in [-0.2, -0.15) is 0 Å². The summed E-state index contributed by atoms with van der Waals surface area (Å²) in [7, 11) is 0. The fourth-order valence-electron chi connectivity index (χ4n) is 8.76. The molecule has 4 aromatic carbocycles. The molecule has 2 fully saturated rings. The van der Waals surface area contributed by atoms with E-state index in [0.29, 0.717) is 0 Å². The molecule has 168 valence electrons. The molecule has 0 unspecified atom stereocenters. The lowest BCUT2D eigenvalue weighted by atomic mass is 9.67. The lowest BCUT2D eigenvalue weighted by Gasteiger charge is -2.35. The van der Waals surface area contributed by atoms with Gasteiger partial charge < -0.3 is 0 Å². The quantitative estimate of drug-likeness (QED) is 0.256. The predicted molar refractivity (Wildman–Crippen MR) is 143 cm³/mol. The van der Waals surface area contributed by atoms with E-state index in [1.165, 1.54) is 84.4 Å². The van der Waals surface area contributed by atoms with Crippen molar-refractivity contribution in [3.8, 4) is 22.3 Å². The normalized spacial score (nSPS) is 20.2. The van der Waals surface area contributed by atoms with E-state index >= 15 is 0 Å². The summed E-state index contributed by atoms with van der Waals surface area (Å²) in [6.45, 7) is 4.57. The highest BCUT2D eigenvalue weighted by molar-refractivity contribution is 6.13. The van der Waals surface area contributed by atoms with Crippen molar-refractivity contribution in [1.82, 2.24) is 0 Å². The number of benzene rings is 4. The fourth-order valence-corrected chi connectivity index (χ4v) is 8.76. The zero-order valence-electron chi connectivity index (χ0n) is 20.4. The van der Waals surface area contributed by atoms with Gasteiger partial charge in [0.25, 0.3) is 0 Å². The molecule has 34 heavy (non-hydrogen) atoms. The van der Waals surface area contributed by atoms with Crippen LogP contribution >= 0.6 is 0 Å². The lowest BCUT2D eigenvalue weighted by molar-refractivity contribution is 0.501. The molecular weight excluding hydrogens is 408 g/mol. The predicted octanol–water partition coefficient (Wildman–Crippen LogP) is 9.14. The highest BCUT2D eigenvalue weighted by Gasteiger charge is 2.54. The topological polar surface area (TPSA) is 0 Å². The minimum atomic E-state index is 0.206. The minimum absolute atomic E-state index is 0.206. The van der Waals surface area contributed by atoms with Crippen molar-refractivity contribution in [3.05, 3.63) is 94.0 Å². The van der Waals surface area contributed by atoms with Crippen LogP contribution < -0.4 is 0 Å². The highest BCUT2D eigenvalue weighted by atomic mass is 14.6. The second-order valence-electron chi connectivity index (χ2n) is 11.7. The van der Waals surface area contributed by atoms with Gasteiger partial charge in [0, 0.05) is 10.8 Å². The summed E-state index contributed by atoms with van der Waals surface area (Å²) in [5.41, 5.74) is 16.2. The lowest BCUT2D eigenvalue weighted by Crippen LogP contribution is -2.29. The van der Waals surface area contributed by atoms with Crippen LogP contribution in [0.3, 0.4) is 0 Å². The van der Waals surface area contributed by atoms with Crippen molar-refractivity contribution in [3.63, 3.8) is 0 Å². The van der Waals surface area contributed by atoms with Crippen molar-refractivity contribution < 1.29 is 0 Å². The molecule has 4 aliphatic rings. The highest BCUT2D eigenvalue weighted by Crippen LogP contribution is 2.68. The molecular formula is C34H32. The summed E-state index contributed by atoms with van der Waals surface area (Å²) in [5.74, 6) is 0. The SMILES string of the molecule is Cc1ccc2c(c1)C1(CCCC1)c1c3c(c4ccccc4c1-2)-c1ccc(C)cc1C31CCCC1. The van der Waals surface area contributed by atoms with E-state index in [-0.39, 0.29) is 10.8 Å². The minimum Gasteiger partial charge on any atom is -0.0616 e. The molecule has 0 N–H and O–H groups in total. The van der Waals surface area contributed by atoms with Crippen LogP contribution in [0.15, 0.2) is 60.7 Å². The summed E-state index contributed by atoms with van der Waals surface area (Å²) in [6, 6.07) is 24.1. The molecule has 2 spiro atoms. The Kier molecular flexibility index (Phi) is 3.67. The second kappa shape index (κ2) is 6.42. The van der Waals surface area contributed by atoms with Gasteiger partial charge in [-0.15, -0.1) is 0 Å². The monoisotopic (exact) mass is 440 g/mol. The smallest absolute Gasteiger partial charge is 0.0218 e. The average molecular weight is 441 g/mol. The molecule has 0 saturated heterocycles. The molecule has 4 aliphatic carbocycles. The van der Waals surface area contributed by atoms with Crippen molar-refractivity contribution >= 4 is 10.8 Å². The van der Waals surface area contributed by atoms with Crippen LogP contribution in [0.5, 0.6) is 0 Å². The van der Waals surface area contributed by atoms with Crippen LogP contribution in [0.25, 0.3) is 33.0 Å². The van der Waals surface area contributed by atoms with E-state index in [0.717, 1.165) is 0 Å². The fraction of sp³-hybridized carbons (Fsp3) is 0.353. The molecule has 0 aromatic heterocycles. The Morgan fingerprint density at radius 2 is 0.941 bits per heavy atom. The van der Waals surface area contributed by atoms with Gasteiger partial charge in [-0.1, -0.05) is 97.5 Å². The van der Waals surface area contributed by atoms with Gasteiger partial charge in [0.2, 0.25) is 0 Å². The first kappa shape index (κ1) is 19.4. The maximum Gasteiger partial charge on any atom is 0.0218 e. The molecule has 0 nitrogen and oxygen atoms in total. The first-order chi connectivity index (χ1) is 16.6. The largest absolute Gasteiger partial charge is 0.0616 e. The van der Waals surface area contributed by atoms with Gasteiger partial charge in [0.15, 0.2) is 0 Å². The molecule has 4 aromatic rings. The van der Waals surface area contributed by atoms with Crippen molar-refractivity contribution in [2.24, 2.45) is 0 Å². The average Bonchev–Trinajstić information content (AvgIpc) is 3.63. The summed E-state index contributed by atoms with van der Waals surface area (Å²) in [4.78, 5) is 0. The first-order valence-corrected chi connectivity index (χ1v) is 13.5. The number of aryl methyl sites for hydroxylation is 2. The van der Waals surface area contributed by atoms with Gasteiger partial charge in [0.1, 0.15) is 0 Å². The van der Waals surface area contributed by atoms with Gasteiger partial charge >= 0.3 is 0 Å². The van der Waals surface area contributed by atoms with E-state index in [1.54, 1.807) is 33.4 Å². The molecule has 0 radical (unpaired) electrons. The summed E-state index contributed by atoms with van der Waals surface area (Å²) in [5, 5.41) is 2.96. The van der Waals surface area contributed by atoms with Crippen LogP contribution in [0.4, 0.5) is 0 Å². The zero-order chi connectivity index (χ0) is 22.7. The Labute approximate surface area is 203 Å². The van der Waals surface area contributed by atoms with Crippen molar-refractivity contribution in [2.45, 2.75) is 76.0 Å². The first-order valence-electron chi connectivity index (χ1n) is 13.5. The Bertz CT molecular complexity index is 1400. The van der Waals surface area contributed by atoms with Crippen LogP contribution in [0.2, 0.25) is 0 Å². The molecule has 0 heteroatoms. The summed E-state index contributed by atoms with van der Waals surface area (Å²) >= 11 is 0. The maximum absolute atomic E-state index is 2.55. The number of fused-ring (bicyclic) bond motifs is 14. The molecule has 0 amide bonds. The Hall–Kier alpha value is -2.86. The number of hydrogen-bond donors (Lipinski definition) is 0. The molecule has 0 heterocycles. The molecule has 8 rings (SSSR count). The zero-order valence-corrected chi connectivity index (χ0v) is 20.4. The molecule has 0 atom stereocenters. The van der Waals surface area contributed by atoms with E-state index in [9.17, 15) is 0 Å². The Balaban J connectivity index is 1.62. The Morgan fingerprint density at radius 3 is 1.35 bits per heavy atom. The van der Waals surface area contributed by atoms with Crippen molar-refractivity contribution in [2.75, 3.05) is 0 Å².